The lowest BCUT2D eigenvalue weighted by molar-refractivity contribution is -0.189. The van der Waals surface area contributed by atoms with E-state index in [1.165, 1.54) is 26.7 Å². The summed E-state index contributed by atoms with van der Waals surface area (Å²) in [4.78, 5) is 19.3. The SMILES string of the molecule is C[C@@H](O)[C@H](C)n1ncn(-c2ccc(/C=C/CN3CCc4cc(OC[C@@H]5CO[C@@](Cn6ccnc6)(c6ccc(Cl)cc6Cl)O5)ccc4C3)cc2)c1=O. The molecule has 0 radical (unpaired) electrons. The third-order valence-corrected chi connectivity index (χ3v) is 10.0. The van der Waals surface area contributed by atoms with Crippen molar-refractivity contribution in [2.45, 2.75) is 57.4 Å². The van der Waals surface area contributed by atoms with Crippen molar-refractivity contribution in [2.24, 2.45) is 0 Å². The van der Waals surface area contributed by atoms with E-state index >= 15 is 0 Å². The first-order valence-electron chi connectivity index (χ1n) is 17.0. The zero-order valence-corrected chi connectivity index (χ0v) is 30.0. The Morgan fingerprint density at radius 2 is 1.92 bits per heavy atom. The normalized spacial score (nSPS) is 20.5. The molecule has 1 saturated heterocycles. The average molecular weight is 732 g/mol. The van der Waals surface area contributed by atoms with Crippen LogP contribution in [-0.4, -0.2) is 72.4 Å². The highest BCUT2D eigenvalue weighted by Gasteiger charge is 2.45. The molecule has 4 heterocycles. The van der Waals surface area contributed by atoms with Crippen LogP contribution in [0.15, 0.2) is 96.6 Å². The van der Waals surface area contributed by atoms with E-state index in [-0.39, 0.29) is 11.8 Å². The van der Waals surface area contributed by atoms with Crippen LogP contribution in [0.2, 0.25) is 10.0 Å². The van der Waals surface area contributed by atoms with Crippen molar-refractivity contribution in [2.75, 3.05) is 26.3 Å². The molecule has 0 unspecified atom stereocenters. The Labute approximate surface area is 306 Å². The second-order valence-corrected chi connectivity index (χ2v) is 13.9. The molecule has 1 N–H and O–H groups in total. The number of rotatable bonds is 12. The van der Waals surface area contributed by atoms with Crippen molar-refractivity contribution >= 4 is 29.3 Å². The Bertz CT molecular complexity index is 2040. The molecule has 4 atom stereocenters. The van der Waals surface area contributed by atoms with Crippen molar-refractivity contribution in [3.8, 4) is 11.4 Å². The molecule has 11 nitrogen and oxygen atoms in total. The van der Waals surface area contributed by atoms with Gasteiger partial charge in [-0.2, -0.15) is 5.10 Å². The van der Waals surface area contributed by atoms with Gasteiger partial charge in [-0.05, 0) is 73.4 Å². The minimum Gasteiger partial charge on any atom is -0.491 e. The fourth-order valence-electron chi connectivity index (χ4n) is 6.46. The van der Waals surface area contributed by atoms with Gasteiger partial charge in [0.05, 0.1) is 42.3 Å². The molecule has 266 valence electrons. The van der Waals surface area contributed by atoms with Crippen LogP contribution in [0.25, 0.3) is 11.8 Å². The predicted octanol–water partition coefficient (Wildman–Crippen LogP) is 5.90. The summed E-state index contributed by atoms with van der Waals surface area (Å²) >= 11 is 12.8. The van der Waals surface area contributed by atoms with Crippen LogP contribution in [0.3, 0.4) is 0 Å². The van der Waals surface area contributed by atoms with Crippen LogP contribution in [0.5, 0.6) is 5.75 Å². The van der Waals surface area contributed by atoms with Crippen molar-refractivity contribution < 1.29 is 19.3 Å². The highest BCUT2D eigenvalue weighted by atomic mass is 35.5. The molecule has 2 aromatic heterocycles. The summed E-state index contributed by atoms with van der Waals surface area (Å²) in [6.07, 6.45) is 11.0. The largest absolute Gasteiger partial charge is 0.491 e. The Morgan fingerprint density at radius 3 is 2.69 bits per heavy atom. The Kier molecular flexibility index (Phi) is 10.5. The topological polar surface area (TPSA) is 109 Å². The maximum absolute atomic E-state index is 12.8. The molecular weight excluding hydrogens is 691 g/mol. The molecule has 0 aliphatic carbocycles. The molecule has 2 aliphatic rings. The number of hydrogen-bond acceptors (Lipinski definition) is 8. The van der Waals surface area contributed by atoms with Gasteiger partial charge in [-0.15, -0.1) is 0 Å². The van der Waals surface area contributed by atoms with E-state index in [4.69, 9.17) is 37.4 Å². The zero-order valence-electron chi connectivity index (χ0n) is 28.4. The zero-order chi connectivity index (χ0) is 35.5. The number of aromatic nitrogens is 5. The highest BCUT2D eigenvalue weighted by Crippen LogP contribution is 2.40. The second kappa shape index (κ2) is 15.2. The van der Waals surface area contributed by atoms with Crippen LogP contribution in [0.4, 0.5) is 0 Å². The lowest BCUT2D eigenvalue weighted by atomic mass is 9.99. The minimum atomic E-state index is -1.10. The number of aliphatic hydroxyl groups excluding tert-OH is 1. The van der Waals surface area contributed by atoms with Crippen LogP contribution in [0.1, 0.15) is 42.1 Å². The summed E-state index contributed by atoms with van der Waals surface area (Å²) < 4.78 is 23.8. The van der Waals surface area contributed by atoms with Gasteiger partial charge in [-0.1, -0.05) is 59.6 Å². The predicted molar refractivity (Wildman–Crippen MR) is 195 cm³/mol. The summed E-state index contributed by atoms with van der Waals surface area (Å²) in [6, 6.07) is 19.0. The van der Waals surface area contributed by atoms with E-state index in [1.807, 2.05) is 47.2 Å². The summed E-state index contributed by atoms with van der Waals surface area (Å²) in [5.41, 5.74) is 4.77. The second-order valence-electron chi connectivity index (χ2n) is 13.1. The smallest absolute Gasteiger partial charge is 0.350 e. The Morgan fingerprint density at radius 1 is 1.08 bits per heavy atom. The van der Waals surface area contributed by atoms with Gasteiger partial charge in [0.25, 0.3) is 0 Å². The van der Waals surface area contributed by atoms with Gasteiger partial charge < -0.3 is 23.9 Å². The van der Waals surface area contributed by atoms with Gasteiger partial charge >= 0.3 is 5.69 Å². The van der Waals surface area contributed by atoms with Crippen molar-refractivity contribution in [1.82, 2.24) is 28.8 Å². The van der Waals surface area contributed by atoms with E-state index in [0.29, 0.717) is 35.4 Å². The molecule has 2 aliphatic heterocycles. The van der Waals surface area contributed by atoms with Crippen LogP contribution in [-0.2, 0) is 34.8 Å². The summed E-state index contributed by atoms with van der Waals surface area (Å²) in [5, 5.41) is 15.0. The van der Waals surface area contributed by atoms with Gasteiger partial charge in [0, 0.05) is 42.6 Å². The molecule has 13 heteroatoms. The summed E-state index contributed by atoms with van der Waals surface area (Å²) in [5.74, 6) is -0.295. The summed E-state index contributed by atoms with van der Waals surface area (Å²) in [6.45, 7) is 7.08. The lowest BCUT2D eigenvalue weighted by Crippen LogP contribution is -2.34. The van der Waals surface area contributed by atoms with Gasteiger partial charge in [-0.25, -0.2) is 19.0 Å². The van der Waals surface area contributed by atoms with E-state index in [0.717, 1.165) is 43.1 Å². The van der Waals surface area contributed by atoms with Gasteiger partial charge in [0.1, 0.15) is 24.8 Å². The molecule has 0 amide bonds. The molecule has 1 fully saturated rings. The van der Waals surface area contributed by atoms with Gasteiger partial charge in [-0.3, -0.25) is 4.90 Å². The molecule has 51 heavy (non-hydrogen) atoms. The first-order valence-corrected chi connectivity index (χ1v) is 17.7. The van der Waals surface area contributed by atoms with Crippen molar-refractivity contribution in [3.63, 3.8) is 0 Å². The first-order chi connectivity index (χ1) is 24.7. The quantitative estimate of drug-likeness (QED) is 0.169. The monoisotopic (exact) mass is 730 g/mol. The van der Waals surface area contributed by atoms with E-state index in [1.54, 1.807) is 38.5 Å². The first kappa shape index (κ1) is 35.2. The third kappa shape index (κ3) is 7.84. The fourth-order valence-corrected chi connectivity index (χ4v) is 7.01. The number of ether oxygens (including phenoxy) is 3. The number of nitrogens with zero attached hydrogens (tertiary/aromatic N) is 6. The number of fused-ring (bicyclic) bond motifs is 1. The number of hydrogen-bond donors (Lipinski definition) is 1. The van der Waals surface area contributed by atoms with E-state index in [2.05, 4.69) is 39.3 Å². The Balaban J connectivity index is 0.922. The average Bonchev–Trinajstić information content (AvgIpc) is 3.88. The molecule has 0 bridgehead atoms. The number of aliphatic hydroxyl groups is 1. The van der Waals surface area contributed by atoms with Crippen LogP contribution < -0.4 is 10.4 Å². The van der Waals surface area contributed by atoms with Crippen LogP contribution >= 0.6 is 23.2 Å². The molecular formula is C38H40Cl2N6O5. The third-order valence-electron chi connectivity index (χ3n) is 9.48. The number of benzene rings is 3. The van der Waals surface area contributed by atoms with Gasteiger partial charge in [0.15, 0.2) is 0 Å². The van der Waals surface area contributed by atoms with E-state index < -0.39 is 17.9 Å². The number of halogens is 2. The van der Waals surface area contributed by atoms with Crippen molar-refractivity contribution in [1.29, 1.82) is 0 Å². The van der Waals surface area contributed by atoms with E-state index in [9.17, 15) is 9.90 Å². The number of imidazole rings is 1. The molecule has 5 aromatic rings. The fraction of sp³-hybridized carbons (Fsp3) is 0.342. The molecule has 3 aromatic carbocycles. The molecule has 0 saturated carbocycles. The maximum Gasteiger partial charge on any atom is 0.350 e. The maximum atomic E-state index is 12.8. The Hall–Kier alpha value is -4.23. The van der Waals surface area contributed by atoms with Crippen molar-refractivity contribution in [3.05, 3.63) is 135 Å². The van der Waals surface area contributed by atoms with Crippen LogP contribution in [0, 0.1) is 0 Å². The van der Waals surface area contributed by atoms with Gasteiger partial charge in [0.2, 0.25) is 5.79 Å². The minimum absolute atomic E-state index is 0.280. The standard InChI is InChI=1S/C38H40Cl2N6O5/c1-26(27(2)47)46-37(48)45(25-42-46)32-9-5-28(6-10-32)4-3-15-43-16-13-29-18-33(11-7-30(29)20-43)49-21-34-22-50-38(51-34,23-44-17-14-41-24-44)35-12-8-31(39)19-36(35)40/h3-12,14,17-19,24-27,34,47H,13,15-16,20-23H2,1-2H3/b4-3+/t26-,27+,34+,38+/m0/s1. The molecule has 7 rings (SSSR count). The highest BCUT2D eigenvalue weighted by molar-refractivity contribution is 6.35. The summed E-state index contributed by atoms with van der Waals surface area (Å²) in [7, 11) is 0. The lowest BCUT2D eigenvalue weighted by Gasteiger charge is -2.30. The molecule has 0 spiro atoms.